The molecule has 2 N–H and O–H groups in total. The number of nitrogens with zero attached hydrogens (tertiary/aromatic N) is 1. The summed E-state index contributed by atoms with van der Waals surface area (Å²) in [4.78, 5) is 50.7. The standard InChI is InChI=1S/C30H41N3O11/c1-2-9-38-11-13-40-15-17-42-19-21-44-22-20-43-18-16-41-14-12-39-10-8-31-24-5-3-4-23-27(24)30(37)33(29(23)36)25-6-7-26(34)32-28(25)35/h1,3-5,25,31H,6-22H2,(H,32,34,35). The van der Waals surface area contributed by atoms with Crippen LogP contribution in [0.4, 0.5) is 5.69 Å². The number of ether oxygens (including phenoxy) is 7. The van der Waals surface area contributed by atoms with Gasteiger partial charge in [0.15, 0.2) is 0 Å². The molecule has 1 fully saturated rings. The average Bonchev–Trinajstić information content (AvgIpc) is 3.27. The van der Waals surface area contributed by atoms with Gasteiger partial charge in [-0.2, -0.15) is 0 Å². The molecule has 14 nitrogen and oxygen atoms in total. The Balaban J connectivity index is 1.14. The van der Waals surface area contributed by atoms with E-state index in [9.17, 15) is 19.2 Å². The fourth-order valence-electron chi connectivity index (χ4n) is 4.37. The highest BCUT2D eigenvalue weighted by molar-refractivity contribution is 6.25. The molecular formula is C30H41N3O11. The summed E-state index contributed by atoms with van der Waals surface area (Å²) in [5.74, 6) is 0.225. The summed E-state index contributed by atoms with van der Waals surface area (Å²) < 4.78 is 37.8. The highest BCUT2D eigenvalue weighted by Crippen LogP contribution is 2.32. The first-order chi connectivity index (χ1) is 21.5. The number of fused-ring (bicyclic) bond motifs is 1. The zero-order chi connectivity index (χ0) is 31.4. The molecule has 2 aliphatic heterocycles. The second kappa shape index (κ2) is 20.5. The smallest absolute Gasteiger partial charge is 0.264 e. The summed E-state index contributed by atoms with van der Waals surface area (Å²) in [5.41, 5.74) is 0.914. The van der Waals surface area contributed by atoms with Crippen LogP contribution < -0.4 is 10.6 Å². The van der Waals surface area contributed by atoms with Gasteiger partial charge >= 0.3 is 0 Å². The molecule has 0 bridgehead atoms. The minimum atomic E-state index is -1.01. The second-order valence-electron chi connectivity index (χ2n) is 9.53. The number of carbonyl (C=O) groups is 4. The maximum atomic E-state index is 13.1. The van der Waals surface area contributed by atoms with E-state index in [1.54, 1.807) is 18.2 Å². The Morgan fingerprint density at radius 2 is 1.27 bits per heavy atom. The third-order valence-corrected chi connectivity index (χ3v) is 6.45. The van der Waals surface area contributed by atoms with Crippen LogP contribution in [0.25, 0.3) is 0 Å². The predicted molar refractivity (Wildman–Crippen MR) is 156 cm³/mol. The zero-order valence-corrected chi connectivity index (χ0v) is 24.8. The lowest BCUT2D eigenvalue weighted by atomic mass is 10.0. The topological polar surface area (TPSA) is 160 Å². The Hall–Kier alpha value is -3.42. The van der Waals surface area contributed by atoms with Gasteiger partial charge in [0.25, 0.3) is 11.8 Å². The first-order valence-corrected chi connectivity index (χ1v) is 14.6. The van der Waals surface area contributed by atoms with Crippen molar-refractivity contribution in [2.45, 2.75) is 18.9 Å². The van der Waals surface area contributed by atoms with E-state index in [1.165, 1.54) is 0 Å². The molecule has 1 atom stereocenters. The van der Waals surface area contributed by atoms with Gasteiger partial charge in [-0.1, -0.05) is 12.0 Å². The van der Waals surface area contributed by atoms with Crippen molar-refractivity contribution in [3.05, 3.63) is 29.3 Å². The van der Waals surface area contributed by atoms with E-state index >= 15 is 0 Å². The third kappa shape index (κ3) is 11.6. The molecule has 44 heavy (non-hydrogen) atoms. The van der Waals surface area contributed by atoms with Crippen molar-refractivity contribution in [1.29, 1.82) is 0 Å². The number of rotatable bonds is 24. The van der Waals surface area contributed by atoms with Crippen LogP contribution in [-0.2, 0) is 42.7 Å². The van der Waals surface area contributed by atoms with Gasteiger partial charge in [0.05, 0.1) is 97.0 Å². The summed E-state index contributed by atoms with van der Waals surface area (Å²) in [6.07, 6.45) is 5.25. The maximum absolute atomic E-state index is 13.1. The van der Waals surface area contributed by atoms with Crippen LogP contribution in [-0.4, -0.2) is 134 Å². The van der Waals surface area contributed by atoms with Gasteiger partial charge in [0.2, 0.25) is 11.8 Å². The van der Waals surface area contributed by atoms with Crippen molar-refractivity contribution in [1.82, 2.24) is 10.2 Å². The number of hydrogen-bond donors (Lipinski definition) is 2. The van der Waals surface area contributed by atoms with Crippen molar-refractivity contribution in [2.24, 2.45) is 0 Å². The molecular weight excluding hydrogens is 578 g/mol. The SMILES string of the molecule is C#CCOCCOCCOCCOCCOCCOCCOCCNc1cccc2c1C(=O)N(C1CCC(=O)NC1=O)C2=O. The number of amides is 4. The first kappa shape index (κ1) is 35.1. The van der Waals surface area contributed by atoms with Gasteiger partial charge in [0.1, 0.15) is 12.6 Å². The second-order valence-corrected chi connectivity index (χ2v) is 9.53. The molecule has 0 spiro atoms. The van der Waals surface area contributed by atoms with Crippen molar-refractivity contribution >= 4 is 29.3 Å². The fourth-order valence-corrected chi connectivity index (χ4v) is 4.37. The number of imide groups is 2. The van der Waals surface area contributed by atoms with Crippen LogP contribution in [0.1, 0.15) is 33.6 Å². The van der Waals surface area contributed by atoms with Crippen molar-refractivity contribution in [3.8, 4) is 12.3 Å². The molecule has 2 aliphatic rings. The Kier molecular flexibility index (Phi) is 16.4. The Labute approximate surface area is 256 Å². The van der Waals surface area contributed by atoms with Crippen molar-refractivity contribution in [2.75, 3.05) is 104 Å². The van der Waals surface area contributed by atoms with Crippen molar-refractivity contribution in [3.63, 3.8) is 0 Å². The molecule has 2 heterocycles. The minimum absolute atomic E-state index is 0.0687. The quantitative estimate of drug-likeness (QED) is 0.0924. The summed E-state index contributed by atoms with van der Waals surface area (Å²) in [6.45, 7) is 6.44. The van der Waals surface area contributed by atoms with E-state index in [4.69, 9.17) is 39.6 Å². The lowest BCUT2D eigenvalue weighted by Gasteiger charge is -2.27. The van der Waals surface area contributed by atoms with E-state index in [-0.39, 0.29) is 30.6 Å². The lowest BCUT2D eigenvalue weighted by molar-refractivity contribution is -0.136. The monoisotopic (exact) mass is 619 g/mol. The summed E-state index contributed by atoms with van der Waals surface area (Å²) >= 11 is 0. The molecule has 3 rings (SSSR count). The van der Waals surface area contributed by atoms with Gasteiger partial charge in [-0.05, 0) is 18.6 Å². The number of carbonyl (C=O) groups excluding carboxylic acids is 4. The van der Waals surface area contributed by atoms with Gasteiger partial charge in [-0.25, -0.2) is 0 Å². The lowest BCUT2D eigenvalue weighted by Crippen LogP contribution is -2.54. The van der Waals surface area contributed by atoms with Crippen LogP contribution in [0, 0.1) is 12.3 Å². The molecule has 0 radical (unpaired) electrons. The predicted octanol–water partition coefficient (Wildman–Crippen LogP) is 0.249. The summed E-state index contributed by atoms with van der Waals surface area (Å²) in [5, 5.41) is 5.32. The molecule has 1 unspecified atom stereocenters. The fraction of sp³-hybridized carbons (Fsp3) is 0.600. The zero-order valence-electron chi connectivity index (χ0n) is 24.8. The number of benzene rings is 1. The van der Waals surface area contributed by atoms with E-state index in [0.29, 0.717) is 98.1 Å². The number of hydrogen-bond acceptors (Lipinski definition) is 12. The number of terminal acetylenes is 1. The first-order valence-electron chi connectivity index (χ1n) is 14.6. The van der Waals surface area contributed by atoms with Crippen LogP contribution in [0.15, 0.2) is 18.2 Å². The molecule has 1 aromatic rings. The van der Waals surface area contributed by atoms with Crippen LogP contribution in [0.5, 0.6) is 0 Å². The summed E-state index contributed by atoms with van der Waals surface area (Å²) in [6, 6.07) is 3.90. The summed E-state index contributed by atoms with van der Waals surface area (Å²) in [7, 11) is 0. The van der Waals surface area contributed by atoms with E-state index in [0.717, 1.165) is 4.90 Å². The molecule has 14 heteroatoms. The molecule has 1 aromatic carbocycles. The number of nitrogens with one attached hydrogen (secondary N) is 2. The van der Waals surface area contributed by atoms with Crippen LogP contribution >= 0.6 is 0 Å². The Morgan fingerprint density at radius 3 is 1.80 bits per heavy atom. The largest absolute Gasteiger partial charge is 0.382 e. The van der Waals surface area contributed by atoms with E-state index in [1.807, 2.05) is 0 Å². The number of piperidine rings is 1. The average molecular weight is 620 g/mol. The molecule has 0 aromatic heterocycles. The third-order valence-electron chi connectivity index (χ3n) is 6.45. The van der Waals surface area contributed by atoms with E-state index < -0.39 is 29.7 Å². The van der Waals surface area contributed by atoms with Crippen LogP contribution in [0.2, 0.25) is 0 Å². The van der Waals surface area contributed by atoms with Gasteiger partial charge in [0, 0.05) is 18.7 Å². The Bertz CT molecular complexity index is 1120. The van der Waals surface area contributed by atoms with Gasteiger partial charge in [-0.3, -0.25) is 29.4 Å². The molecule has 242 valence electrons. The van der Waals surface area contributed by atoms with Crippen molar-refractivity contribution < 1.29 is 52.3 Å². The van der Waals surface area contributed by atoms with Gasteiger partial charge < -0.3 is 38.5 Å². The number of anilines is 1. The van der Waals surface area contributed by atoms with E-state index in [2.05, 4.69) is 16.6 Å². The molecule has 0 saturated carbocycles. The maximum Gasteiger partial charge on any atom is 0.264 e. The highest BCUT2D eigenvalue weighted by atomic mass is 16.6. The minimum Gasteiger partial charge on any atom is -0.382 e. The van der Waals surface area contributed by atoms with Crippen LogP contribution in [0.3, 0.4) is 0 Å². The highest BCUT2D eigenvalue weighted by Gasteiger charge is 2.45. The normalized spacial score (nSPS) is 16.2. The van der Waals surface area contributed by atoms with Gasteiger partial charge in [-0.15, -0.1) is 6.42 Å². The molecule has 1 saturated heterocycles. The molecule has 4 amide bonds. The molecule has 0 aliphatic carbocycles. The Morgan fingerprint density at radius 1 is 0.750 bits per heavy atom.